The van der Waals surface area contributed by atoms with Gasteiger partial charge in [-0.1, -0.05) is 25.7 Å². The van der Waals surface area contributed by atoms with Crippen LogP contribution in [0, 0.1) is 0 Å². The van der Waals surface area contributed by atoms with Crippen LogP contribution in [0.5, 0.6) is 0 Å². The molecule has 0 spiro atoms. The molecule has 0 fully saturated rings. The van der Waals surface area contributed by atoms with Crippen molar-refractivity contribution < 1.29 is 4.79 Å². The van der Waals surface area contributed by atoms with Crippen molar-refractivity contribution in [3.63, 3.8) is 0 Å². The van der Waals surface area contributed by atoms with Crippen molar-refractivity contribution in [3.05, 3.63) is 21.9 Å². The van der Waals surface area contributed by atoms with E-state index in [9.17, 15) is 4.79 Å². The molecule has 0 unspecified atom stereocenters. The summed E-state index contributed by atoms with van der Waals surface area (Å²) in [7, 11) is -0.976. The lowest BCUT2D eigenvalue weighted by atomic mass is 10.1. The average Bonchev–Trinajstić information content (AvgIpc) is 2.46. The van der Waals surface area contributed by atoms with Gasteiger partial charge in [0.25, 0.3) is 0 Å². The van der Waals surface area contributed by atoms with Gasteiger partial charge in [0.15, 0.2) is 5.78 Å². The van der Waals surface area contributed by atoms with E-state index in [4.69, 9.17) is 0 Å². The first kappa shape index (κ1) is 11.7. The largest absolute Gasteiger partial charge is 0.294 e. The van der Waals surface area contributed by atoms with Gasteiger partial charge in [-0.15, -0.1) is 11.3 Å². The number of carbonyl (C=O) groups is 1. The van der Waals surface area contributed by atoms with Crippen molar-refractivity contribution >= 4 is 25.2 Å². The van der Waals surface area contributed by atoms with Crippen molar-refractivity contribution in [3.8, 4) is 0 Å². The number of Topliss-reactive ketones (excluding diaryl/α,β-unsaturated/α-hetero) is 1. The van der Waals surface area contributed by atoms with Crippen LogP contribution in [0.4, 0.5) is 0 Å². The van der Waals surface area contributed by atoms with Crippen molar-refractivity contribution in [1.82, 2.24) is 0 Å². The molecule has 1 aromatic rings. The number of rotatable bonds is 4. The fraction of sp³-hybridized carbons (Fsp3) is 0.545. The number of thiophene rings is 1. The Morgan fingerprint density at radius 3 is 2.57 bits per heavy atom. The minimum Gasteiger partial charge on any atom is -0.294 e. The second-order valence-electron chi connectivity index (χ2n) is 4.87. The molecule has 1 aromatic heterocycles. The van der Waals surface area contributed by atoms with Gasteiger partial charge in [0, 0.05) is 18.5 Å². The molecule has 14 heavy (non-hydrogen) atoms. The van der Waals surface area contributed by atoms with Crippen molar-refractivity contribution in [1.29, 1.82) is 0 Å². The maximum atomic E-state index is 11.3. The summed E-state index contributed by atoms with van der Waals surface area (Å²) in [5.41, 5.74) is 0.938. The quantitative estimate of drug-likeness (QED) is 0.563. The Bertz CT molecular complexity index is 322. The van der Waals surface area contributed by atoms with Crippen molar-refractivity contribution in [2.45, 2.75) is 39.0 Å². The van der Waals surface area contributed by atoms with E-state index in [0.29, 0.717) is 0 Å². The zero-order chi connectivity index (χ0) is 10.8. The van der Waals surface area contributed by atoms with E-state index in [1.807, 2.05) is 11.4 Å². The first-order chi connectivity index (χ1) is 6.40. The molecular formula is C11H18OSSi. The summed E-state index contributed by atoms with van der Waals surface area (Å²) >= 11 is 1.72. The molecule has 0 aliphatic heterocycles. The standard InChI is InChI=1S/C11H18OSSi/c1-9(12)10-5-7-13-11(10)6-8-14(2,3)4/h5,7H,6,8H2,1-4H3. The molecule has 0 saturated carbocycles. The van der Waals surface area contributed by atoms with Gasteiger partial charge >= 0.3 is 0 Å². The summed E-state index contributed by atoms with van der Waals surface area (Å²) < 4.78 is 0. The molecular weight excluding hydrogens is 208 g/mol. The highest BCUT2D eigenvalue weighted by molar-refractivity contribution is 7.10. The first-order valence-corrected chi connectivity index (χ1v) is 9.56. The van der Waals surface area contributed by atoms with Gasteiger partial charge in [0.1, 0.15) is 0 Å². The summed E-state index contributed by atoms with van der Waals surface area (Å²) in [5, 5.41) is 2.02. The number of hydrogen-bond donors (Lipinski definition) is 0. The molecule has 0 aliphatic carbocycles. The summed E-state index contributed by atoms with van der Waals surface area (Å²) in [4.78, 5) is 12.5. The highest BCUT2D eigenvalue weighted by Gasteiger charge is 2.15. The number of hydrogen-bond acceptors (Lipinski definition) is 2. The molecule has 1 rings (SSSR count). The lowest BCUT2D eigenvalue weighted by Gasteiger charge is -2.14. The monoisotopic (exact) mass is 226 g/mol. The van der Waals surface area contributed by atoms with Crippen LogP contribution in [0.3, 0.4) is 0 Å². The molecule has 0 amide bonds. The van der Waals surface area contributed by atoms with Crippen molar-refractivity contribution in [2.24, 2.45) is 0 Å². The van der Waals surface area contributed by atoms with Crippen LogP contribution in [0.1, 0.15) is 22.2 Å². The SMILES string of the molecule is CC(=O)c1ccsc1CC[Si](C)(C)C. The maximum Gasteiger partial charge on any atom is 0.160 e. The summed E-state index contributed by atoms with van der Waals surface area (Å²) in [6, 6.07) is 3.22. The van der Waals surface area contributed by atoms with Crippen LogP contribution in [0.15, 0.2) is 11.4 Å². The van der Waals surface area contributed by atoms with E-state index < -0.39 is 8.07 Å². The van der Waals surface area contributed by atoms with Gasteiger partial charge in [0.05, 0.1) is 0 Å². The minimum absolute atomic E-state index is 0.205. The van der Waals surface area contributed by atoms with E-state index in [1.165, 1.54) is 10.9 Å². The summed E-state index contributed by atoms with van der Waals surface area (Å²) in [5.74, 6) is 0.205. The van der Waals surface area contributed by atoms with E-state index in [1.54, 1.807) is 18.3 Å². The van der Waals surface area contributed by atoms with Gasteiger partial charge in [-0.05, 0) is 24.8 Å². The Morgan fingerprint density at radius 1 is 1.43 bits per heavy atom. The second kappa shape index (κ2) is 4.40. The van der Waals surface area contributed by atoms with Gasteiger partial charge in [-0.25, -0.2) is 0 Å². The van der Waals surface area contributed by atoms with Crippen LogP contribution < -0.4 is 0 Å². The zero-order valence-corrected chi connectivity index (χ0v) is 11.2. The van der Waals surface area contributed by atoms with E-state index in [0.717, 1.165) is 12.0 Å². The Balaban J connectivity index is 2.68. The highest BCUT2D eigenvalue weighted by Crippen LogP contribution is 2.22. The van der Waals surface area contributed by atoms with Gasteiger partial charge in [-0.3, -0.25) is 4.79 Å². The third-order valence-corrected chi connectivity index (χ3v) is 4.96. The molecule has 0 radical (unpaired) electrons. The number of carbonyl (C=O) groups excluding carboxylic acids is 1. The Kier molecular flexibility index (Phi) is 3.67. The topological polar surface area (TPSA) is 17.1 Å². The maximum absolute atomic E-state index is 11.3. The van der Waals surface area contributed by atoms with Crippen LogP contribution >= 0.6 is 11.3 Å². The number of aryl methyl sites for hydroxylation is 1. The number of ketones is 1. The second-order valence-corrected chi connectivity index (χ2v) is 11.5. The lowest BCUT2D eigenvalue weighted by Crippen LogP contribution is -2.20. The summed E-state index contributed by atoms with van der Waals surface area (Å²) in [6.45, 7) is 8.76. The van der Waals surface area contributed by atoms with E-state index >= 15 is 0 Å². The Hall–Kier alpha value is -0.413. The van der Waals surface area contributed by atoms with Crippen LogP contribution in [0.2, 0.25) is 25.7 Å². The molecule has 0 N–H and O–H groups in total. The molecule has 0 bridgehead atoms. The third-order valence-electron chi connectivity index (χ3n) is 2.23. The van der Waals surface area contributed by atoms with E-state index in [2.05, 4.69) is 19.6 Å². The average molecular weight is 226 g/mol. The smallest absolute Gasteiger partial charge is 0.160 e. The van der Waals surface area contributed by atoms with Gasteiger partial charge in [-0.2, -0.15) is 0 Å². The molecule has 0 saturated heterocycles. The molecule has 1 heterocycles. The Morgan fingerprint density at radius 2 is 2.07 bits per heavy atom. The van der Waals surface area contributed by atoms with Crippen LogP contribution in [-0.4, -0.2) is 13.9 Å². The third kappa shape index (κ3) is 3.39. The van der Waals surface area contributed by atoms with Gasteiger partial charge < -0.3 is 0 Å². The molecule has 0 aliphatic rings. The Labute approximate surface area is 91.2 Å². The highest BCUT2D eigenvalue weighted by atomic mass is 32.1. The zero-order valence-electron chi connectivity index (χ0n) is 9.39. The minimum atomic E-state index is -0.976. The normalized spacial score (nSPS) is 11.7. The fourth-order valence-electron chi connectivity index (χ4n) is 1.34. The molecule has 0 atom stereocenters. The van der Waals surface area contributed by atoms with Gasteiger partial charge in [0.2, 0.25) is 0 Å². The molecule has 0 aromatic carbocycles. The van der Waals surface area contributed by atoms with Crippen LogP contribution in [-0.2, 0) is 6.42 Å². The predicted octanol–water partition coefficient (Wildman–Crippen LogP) is 3.83. The van der Waals surface area contributed by atoms with E-state index in [-0.39, 0.29) is 5.78 Å². The summed E-state index contributed by atoms with van der Waals surface area (Å²) in [6.07, 6.45) is 1.09. The first-order valence-electron chi connectivity index (χ1n) is 4.97. The molecule has 1 nitrogen and oxygen atoms in total. The lowest BCUT2D eigenvalue weighted by molar-refractivity contribution is 0.101. The van der Waals surface area contributed by atoms with Crippen molar-refractivity contribution in [2.75, 3.05) is 0 Å². The molecule has 78 valence electrons. The molecule has 3 heteroatoms. The predicted molar refractivity (Wildman–Crippen MR) is 66.2 cm³/mol. The fourth-order valence-corrected chi connectivity index (χ4v) is 3.44. The van der Waals surface area contributed by atoms with Crippen LogP contribution in [0.25, 0.3) is 0 Å².